The van der Waals surface area contributed by atoms with Gasteiger partial charge in [0.15, 0.2) is 0 Å². The maximum Gasteiger partial charge on any atom is 0.434 e. The number of piperazine rings is 1. The third-order valence-corrected chi connectivity index (χ3v) is 2.51. The largest absolute Gasteiger partial charge is 0.434 e. The minimum atomic E-state index is -4.44. The van der Waals surface area contributed by atoms with Crippen LogP contribution in [0, 0.1) is 0 Å². The first-order valence-electron chi connectivity index (χ1n) is 4.55. The molecule has 0 bridgehead atoms. The summed E-state index contributed by atoms with van der Waals surface area (Å²) in [4.78, 5) is 2.26. The van der Waals surface area contributed by atoms with Gasteiger partial charge in [0.2, 0.25) is 0 Å². The number of hydrogen-bond acceptors (Lipinski definition) is 3. The predicted molar refractivity (Wildman–Crippen MR) is 46.0 cm³/mol. The highest BCUT2D eigenvalue weighted by Gasteiger charge is 2.61. The lowest BCUT2D eigenvalue weighted by Crippen LogP contribution is -2.60. The zero-order chi connectivity index (χ0) is 11.7. The Hall–Kier alpha value is -0.400. The fraction of sp³-hybridized carbons (Fsp3) is 1.00. The second-order valence-corrected chi connectivity index (χ2v) is 3.55. The number of ether oxygens (including phenoxy) is 1. The van der Waals surface area contributed by atoms with Gasteiger partial charge in [0.05, 0.1) is 0 Å². The van der Waals surface area contributed by atoms with Crippen molar-refractivity contribution in [2.75, 3.05) is 40.3 Å². The number of rotatable bonds is 3. The van der Waals surface area contributed by atoms with E-state index in [0.717, 1.165) is 0 Å². The third kappa shape index (κ3) is 2.40. The summed E-state index contributed by atoms with van der Waals surface area (Å²) in [6, 6.07) is -4.25. The predicted octanol–water partition coefficient (Wildman–Crippen LogP) is 1.07. The highest BCUT2D eigenvalue weighted by molar-refractivity contribution is 4.82. The summed E-state index contributed by atoms with van der Waals surface area (Å²) in [5.74, 6) is 0. The van der Waals surface area contributed by atoms with Gasteiger partial charge in [-0.15, -0.1) is 0 Å². The van der Waals surface area contributed by atoms with Gasteiger partial charge in [0.1, 0.15) is 0 Å². The van der Waals surface area contributed by atoms with Crippen molar-refractivity contribution in [3.8, 4) is 0 Å². The van der Waals surface area contributed by atoms with E-state index in [2.05, 4.69) is 4.74 Å². The standard InChI is InChI=1S/C8H14F4N2O/c1-13-3-5-14(6-4-13)7(9,10)8(11,12)15-2/h3-6H2,1-2H3. The van der Waals surface area contributed by atoms with Gasteiger partial charge in [-0.1, -0.05) is 0 Å². The Morgan fingerprint density at radius 2 is 1.47 bits per heavy atom. The molecule has 0 unspecified atom stereocenters. The van der Waals surface area contributed by atoms with Crippen molar-refractivity contribution in [3.63, 3.8) is 0 Å². The van der Waals surface area contributed by atoms with Crippen molar-refractivity contribution in [2.24, 2.45) is 0 Å². The molecule has 0 saturated carbocycles. The van der Waals surface area contributed by atoms with E-state index in [9.17, 15) is 17.6 Å². The highest BCUT2D eigenvalue weighted by atomic mass is 19.3. The summed E-state index contributed by atoms with van der Waals surface area (Å²) in [6.07, 6.45) is -4.44. The molecule has 0 aromatic rings. The van der Waals surface area contributed by atoms with Crippen molar-refractivity contribution >= 4 is 0 Å². The van der Waals surface area contributed by atoms with Gasteiger partial charge in [-0.2, -0.15) is 17.6 Å². The molecule has 0 aromatic heterocycles. The van der Waals surface area contributed by atoms with Crippen LogP contribution < -0.4 is 0 Å². The van der Waals surface area contributed by atoms with Gasteiger partial charge in [-0.05, 0) is 7.05 Å². The molecular formula is C8H14F4N2O. The molecule has 1 rings (SSSR count). The first-order valence-corrected chi connectivity index (χ1v) is 4.55. The Morgan fingerprint density at radius 3 is 1.87 bits per heavy atom. The number of hydrogen-bond donors (Lipinski definition) is 0. The summed E-state index contributed by atoms with van der Waals surface area (Å²) in [5, 5.41) is 0. The first kappa shape index (κ1) is 12.7. The van der Waals surface area contributed by atoms with Crippen LogP contribution in [0.4, 0.5) is 17.6 Å². The molecule has 7 heteroatoms. The van der Waals surface area contributed by atoms with Crippen LogP contribution in [0.15, 0.2) is 0 Å². The van der Waals surface area contributed by atoms with Crippen molar-refractivity contribution in [1.29, 1.82) is 0 Å². The highest BCUT2D eigenvalue weighted by Crippen LogP contribution is 2.37. The van der Waals surface area contributed by atoms with Crippen LogP contribution in [-0.4, -0.2) is 62.3 Å². The van der Waals surface area contributed by atoms with Crippen molar-refractivity contribution < 1.29 is 22.3 Å². The van der Waals surface area contributed by atoms with Crippen LogP contribution in [0.3, 0.4) is 0 Å². The summed E-state index contributed by atoms with van der Waals surface area (Å²) >= 11 is 0. The Morgan fingerprint density at radius 1 is 1.00 bits per heavy atom. The SMILES string of the molecule is COC(F)(F)C(F)(F)N1CCN(C)CC1. The summed E-state index contributed by atoms with van der Waals surface area (Å²) < 4.78 is 55.6. The molecule has 0 atom stereocenters. The monoisotopic (exact) mass is 230 g/mol. The van der Waals surface area contributed by atoms with E-state index in [1.165, 1.54) is 0 Å². The third-order valence-electron chi connectivity index (χ3n) is 2.51. The van der Waals surface area contributed by atoms with Gasteiger partial charge in [0, 0.05) is 33.3 Å². The summed E-state index contributed by atoms with van der Waals surface area (Å²) in [6.45, 7) is 0.496. The molecule has 1 aliphatic rings. The second-order valence-electron chi connectivity index (χ2n) is 3.55. The van der Waals surface area contributed by atoms with Crippen LogP contribution in [0.25, 0.3) is 0 Å². The van der Waals surface area contributed by atoms with E-state index in [1.54, 1.807) is 11.9 Å². The smallest absolute Gasteiger partial charge is 0.318 e. The lowest BCUT2D eigenvalue weighted by Gasteiger charge is -2.39. The van der Waals surface area contributed by atoms with E-state index in [4.69, 9.17) is 0 Å². The molecule has 0 spiro atoms. The van der Waals surface area contributed by atoms with Gasteiger partial charge in [0.25, 0.3) is 0 Å². The van der Waals surface area contributed by atoms with Crippen LogP contribution in [-0.2, 0) is 4.74 Å². The Kier molecular flexibility index (Phi) is 3.57. The molecule has 3 nitrogen and oxygen atoms in total. The van der Waals surface area contributed by atoms with Crippen LogP contribution in [0.1, 0.15) is 0 Å². The van der Waals surface area contributed by atoms with Gasteiger partial charge in [-0.3, -0.25) is 0 Å². The van der Waals surface area contributed by atoms with Crippen molar-refractivity contribution in [1.82, 2.24) is 9.80 Å². The van der Waals surface area contributed by atoms with E-state index in [0.29, 0.717) is 25.1 Å². The average molecular weight is 230 g/mol. The lowest BCUT2D eigenvalue weighted by molar-refractivity contribution is -0.385. The number of halogens is 4. The molecule has 90 valence electrons. The quantitative estimate of drug-likeness (QED) is 0.532. The molecule has 1 fully saturated rings. The summed E-state index contributed by atoms with van der Waals surface area (Å²) in [7, 11) is 2.33. The summed E-state index contributed by atoms with van der Waals surface area (Å²) in [5.41, 5.74) is 0. The number of alkyl halides is 4. The van der Waals surface area contributed by atoms with Gasteiger partial charge < -0.3 is 9.64 Å². The number of methoxy groups -OCH3 is 1. The van der Waals surface area contributed by atoms with Gasteiger partial charge in [-0.25, -0.2) is 4.90 Å². The van der Waals surface area contributed by atoms with Gasteiger partial charge >= 0.3 is 12.2 Å². The zero-order valence-corrected chi connectivity index (χ0v) is 8.64. The molecule has 0 N–H and O–H groups in total. The van der Waals surface area contributed by atoms with E-state index >= 15 is 0 Å². The topological polar surface area (TPSA) is 15.7 Å². The minimum absolute atomic E-state index is 0.0948. The van der Waals surface area contributed by atoms with Crippen LogP contribution >= 0.6 is 0 Å². The average Bonchev–Trinajstić information content (AvgIpc) is 2.18. The number of likely N-dealkylation sites (N-methyl/N-ethyl adjacent to an activating group) is 1. The molecule has 0 radical (unpaired) electrons. The first-order chi connectivity index (χ1) is 6.81. The van der Waals surface area contributed by atoms with E-state index in [1.807, 2.05) is 0 Å². The minimum Gasteiger partial charge on any atom is -0.318 e. The molecule has 0 aliphatic carbocycles. The second kappa shape index (κ2) is 4.23. The zero-order valence-electron chi connectivity index (χ0n) is 8.64. The molecular weight excluding hydrogens is 216 g/mol. The maximum atomic E-state index is 13.2. The van der Waals surface area contributed by atoms with E-state index < -0.39 is 12.2 Å². The molecule has 1 saturated heterocycles. The fourth-order valence-corrected chi connectivity index (χ4v) is 1.39. The van der Waals surface area contributed by atoms with Crippen LogP contribution in [0.5, 0.6) is 0 Å². The molecule has 1 heterocycles. The molecule has 0 amide bonds. The molecule has 15 heavy (non-hydrogen) atoms. The molecule has 1 aliphatic heterocycles. The maximum absolute atomic E-state index is 13.2. The Bertz CT molecular complexity index is 217. The van der Waals surface area contributed by atoms with Crippen molar-refractivity contribution in [2.45, 2.75) is 12.2 Å². The lowest BCUT2D eigenvalue weighted by atomic mass is 10.3. The van der Waals surface area contributed by atoms with Crippen molar-refractivity contribution in [3.05, 3.63) is 0 Å². The fourth-order valence-electron chi connectivity index (χ4n) is 1.39. The van der Waals surface area contributed by atoms with Crippen LogP contribution in [0.2, 0.25) is 0 Å². The molecule has 0 aromatic carbocycles. The van der Waals surface area contributed by atoms with E-state index in [-0.39, 0.29) is 13.1 Å². The Labute approximate surface area is 85.6 Å². The Balaban J connectivity index is 2.69. The normalized spacial score (nSPS) is 22.0. The number of nitrogens with zero attached hydrogens (tertiary/aromatic N) is 2.